The largest absolute Gasteiger partial charge is 0.466 e. The van der Waals surface area contributed by atoms with Crippen molar-refractivity contribution in [2.75, 3.05) is 13.2 Å². The second kappa shape index (κ2) is 64.4. The first-order valence-corrected chi connectivity index (χ1v) is 34.3. The van der Waals surface area contributed by atoms with E-state index in [4.69, 9.17) is 4.74 Å². The molecule has 2 atom stereocenters. The Bertz CT molecular complexity index is 1070. The Balaban J connectivity index is 3.31. The summed E-state index contributed by atoms with van der Waals surface area (Å²) >= 11 is 0. The van der Waals surface area contributed by atoms with Crippen molar-refractivity contribution in [1.82, 2.24) is 5.32 Å². The van der Waals surface area contributed by atoms with Crippen LogP contribution in [0.5, 0.6) is 0 Å². The Hall–Kier alpha value is -1.14. The van der Waals surface area contributed by atoms with Gasteiger partial charge in [0.1, 0.15) is 0 Å². The van der Waals surface area contributed by atoms with E-state index in [-0.39, 0.29) is 18.5 Å². The summed E-state index contributed by atoms with van der Waals surface area (Å²) < 4.78 is 5.49. The van der Waals surface area contributed by atoms with Crippen LogP contribution in [0.25, 0.3) is 0 Å². The van der Waals surface area contributed by atoms with Gasteiger partial charge in [0.2, 0.25) is 5.91 Å². The van der Waals surface area contributed by atoms with E-state index >= 15 is 0 Å². The fraction of sp³-hybridized carbons (Fsp3) is 0.971. The zero-order valence-electron chi connectivity index (χ0n) is 50.6. The zero-order chi connectivity index (χ0) is 53.6. The summed E-state index contributed by atoms with van der Waals surface area (Å²) in [5.74, 6) is -0.00520. The standard InChI is InChI=1S/C68H135NO5/c1-3-5-7-9-11-13-15-17-37-40-44-48-52-56-60-66(71)65(64-70)69-67(72)61-57-53-49-45-41-38-34-32-30-28-26-24-22-20-18-19-21-23-25-27-29-31-33-35-39-43-47-51-55-59-63-74-68(73)62-58-54-50-46-42-36-16-14-12-10-8-6-4-2/h65-66,70-71H,3-64H2,1-2H3,(H,69,72). The number of nitrogens with one attached hydrogen (secondary N) is 1. The highest BCUT2D eigenvalue weighted by atomic mass is 16.5. The van der Waals surface area contributed by atoms with Crippen LogP contribution in [0.3, 0.4) is 0 Å². The molecule has 0 fully saturated rings. The number of carbonyl (C=O) groups excluding carboxylic acids is 2. The number of rotatable bonds is 65. The van der Waals surface area contributed by atoms with Crippen molar-refractivity contribution in [2.45, 2.75) is 411 Å². The first-order chi connectivity index (χ1) is 36.5. The molecular weight excluding hydrogens is 911 g/mol. The maximum Gasteiger partial charge on any atom is 0.305 e. The van der Waals surface area contributed by atoms with Crippen LogP contribution >= 0.6 is 0 Å². The van der Waals surface area contributed by atoms with Gasteiger partial charge in [-0.2, -0.15) is 0 Å². The third-order valence-corrected chi connectivity index (χ3v) is 16.4. The second-order valence-electron chi connectivity index (χ2n) is 23.9. The monoisotopic (exact) mass is 1050 g/mol. The lowest BCUT2D eigenvalue weighted by molar-refractivity contribution is -0.143. The van der Waals surface area contributed by atoms with Gasteiger partial charge in [-0.15, -0.1) is 0 Å². The van der Waals surface area contributed by atoms with Gasteiger partial charge in [0.25, 0.3) is 0 Å². The van der Waals surface area contributed by atoms with E-state index in [2.05, 4.69) is 19.2 Å². The molecule has 0 aromatic rings. The van der Waals surface area contributed by atoms with Crippen molar-refractivity contribution < 1.29 is 24.5 Å². The quantitative estimate of drug-likeness (QED) is 0.0417. The number of aliphatic hydroxyl groups is 2. The van der Waals surface area contributed by atoms with Gasteiger partial charge in [0.15, 0.2) is 0 Å². The van der Waals surface area contributed by atoms with E-state index in [1.54, 1.807) is 0 Å². The van der Waals surface area contributed by atoms with Gasteiger partial charge in [-0.05, 0) is 25.7 Å². The molecule has 0 aromatic carbocycles. The molecule has 0 aliphatic carbocycles. The molecule has 0 spiro atoms. The molecule has 0 aliphatic rings. The van der Waals surface area contributed by atoms with Gasteiger partial charge >= 0.3 is 5.97 Å². The van der Waals surface area contributed by atoms with Gasteiger partial charge < -0.3 is 20.3 Å². The van der Waals surface area contributed by atoms with Crippen LogP contribution < -0.4 is 5.32 Å². The number of aliphatic hydroxyl groups excluding tert-OH is 2. The number of amides is 1. The molecule has 2 unspecified atom stereocenters. The number of ether oxygens (including phenoxy) is 1. The van der Waals surface area contributed by atoms with E-state index in [1.165, 1.54) is 327 Å². The minimum atomic E-state index is -0.660. The highest BCUT2D eigenvalue weighted by Gasteiger charge is 2.20. The molecule has 0 aromatic heterocycles. The summed E-state index contributed by atoms with van der Waals surface area (Å²) in [5.41, 5.74) is 0. The summed E-state index contributed by atoms with van der Waals surface area (Å²) in [6.45, 7) is 4.99. The molecule has 442 valence electrons. The molecule has 1 amide bonds. The molecule has 6 nitrogen and oxygen atoms in total. The molecule has 0 heterocycles. The summed E-state index contributed by atoms with van der Waals surface area (Å²) in [7, 11) is 0. The first-order valence-electron chi connectivity index (χ1n) is 34.3. The summed E-state index contributed by atoms with van der Waals surface area (Å²) in [5, 5.41) is 23.3. The average Bonchev–Trinajstić information content (AvgIpc) is 3.40. The topological polar surface area (TPSA) is 95.9 Å². The molecule has 0 aliphatic heterocycles. The van der Waals surface area contributed by atoms with Crippen LogP contribution in [0.2, 0.25) is 0 Å². The molecule has 0 rings (SSSR count). The van der Waals surface area contributed by atoms with Crippen molar-refractivity contribution in [3.63, 3.8) is 0 Å². The molecule has 0 saturated heterocycles. The summed E-state index contributed by atoms with van der Waals surface area (Å²) in [4.78, 5) is 24.5. The Morgan fingerprint density at radius 2 is 0.554 bits per heavy atom. The lowest BCUT2D eigenvalue weighted by Crippen LogP contribution is -2.45. The average molecular weight is 1050 g/mol. The minimum Gasteiger partial charge on any atom is -0.466 e. The van der Waals surface area contributed by atoms with Gasteiger partial charge in [0, 0.05) is 12.8 Å². The predicted molar refractivity (Wildman–Crippen MR) is 324 cm³/mol. The number of hydrogen-bond donors (Lipinski definition) is 3. The summed E-state index contributed by atoms with van der Waals surface area (Å²) in [6, 6.07) is -0.537. The number of hydrogen-bond acceptors (Lipinski definition) is 5. The number of carbonyl (C=O) groups is 2. The van der Waals surface area contributed by atoms with Crippen LogP contribution in [0, 0.1) is 0 Å². The van der Waals surface area contributed by atoms with E-state index < -0.39 is 12.1 Å². The lowest BCUT2D eigenvalue weighted by Gasteiger charge is -2.22. The molecule has 3 N–H and O–H groups in total. The first kappa shape index (κ1) is 72.9. The molecule has 0 saturated carbocycles. The number of unbranched alkanes of at least 4 members (excludes halogenated alkanes) is 54. The lowest BCUT2D eigenvalue weighted by atomic mass is 10.0. The van der Waals surface area contributed by atoms with Crippen molar-refractivity contribution in [2.24, 2.45) is 0 Å². The van der Waals surface area contributed by atoms with Crippen molar-refractivity contribution in [3.05, 3.63) is 0 Å². The zero-order valence-corrected chi connectivity index (χ0v) is 50.6. The van der Waals surface area contributed by atoms with Crippen LogP contribution in [-0.4, -0.2) is 47.4 Å². The fourth-order valence-electron chi connectivity index (χ4n) is 11.2. The van der Waals surface area contributed by atoms with Crippen LogP contribution in [0.1, 0.15) is 399 Å². The van der Waals surface area contributed by atoms with Crippen molar-refractivity contribution in [3.8, 4) is 0 Å². The van der Waals surface area contributed by atoms with Crippen LogP contribution in [0.15, 0.2) is 0 Å². The highest BCUT2D eigenvalue weighted by molar-refractivity contribution is 5.76. The van der Waals surface area contributed by atoms with Gasteiger partial charge in [-0.3, -0.25) is 9.59 Å². The third-order valence-electron chi connectivity index (χ3n) is 16.4. The smallest absolute Gasteiger partial charge is 0.305 e. The minimum absolute atomic E-state index is 0.0227. The van der Waals surface area contributed by atoms with Crippen LogP contribution in [-0.2, 0) is 14.3 Å². The molecule has 74 heavy (non-hydrogen) atoms. The summed E-state index contributed by atoms with van der Waals surface area (Å²) in [6.07, 6.45) is 77.2. The Labute approximate surface area is 464 Å². The van der Waals surface area contributed by atoms with Gasteiger partial charge in [-0.1, -0.05) is 361 Å². The maximum absolute atomic E-state index is 12.5. The normalized spacial score (nSPS) is 12.4. The second-order valence-corrected chi connectivity index (χ2v) is 23.9. The SMILES string of the molecule is CCCCCCCCCCCCCCCCC(O)C(CO)NC(=O)CCCCCCCCCCCCCCCCCCCCCCCCCCCCCCCCOC(=O)CCCCCCCCCCCCCCC. The highest BCUT2D eigenvalue weighted by Crippen LogP contribution is 2.19. The van der Waals surface area contributed by atoms with Gasteiger partial charge in [-0.25, -0.2) is 0 Å². The number of esters is 1. The molecular formula is C68H135NO5. The maximum atomic E-state index is 12.5. The van der Waals surface area contributed by atoms with Crippen LogP contribution in [0.4, 0.5) is 0 Å². The Kier molecular flexibility index (Phi) is 63.4. The van der Waals surface area contributed by atoms with E-state index in [9.17, 15) is 19.8 Å². The Morgan fingerprint density at radius 1 is 0.324 bits per heavy atom. The van der Waals surface area contributed by atoms with Crippen molar-refractivity contribution in [1.29, 1.82) is 0 Å². The van der Waals surface area contributed by atoms with Crippen molar-refractivity contribution >= 4 is 11.9 Å². The third kappa shape index (κ3) is 60.1. The fourth-order valence-corrected chi connectivity index (χ4v) is 11.2. The predicted octanol–water partition coefficient (Wildman–Crippen LogP) is 21.8. The van der Waals surface area contributed by atoms with E-state index in [0.717, 1.165) is 38.5 Å². The van der Waals surface area contributed by atoms with Gasteiger partial charge in [0.05, 0.1) is 25.4 Å². The molecule has 0 radical (unpaired) electrons. The Morgan fingerprint density at radius 3 is 0.824 bits per heavy atom. The molecule has 0 bridgehead atoms. The van der Waals surface area contributed by atoms with E-state index in [0.29, 0.717) is 25.9 Å². The molecule has 6 heteroatoms. The van der Waals surface area contributed by atoms with E-state index in [1.807, 2.05) is 0 Å².